The molecule has 5 unspecified atom stereocenters. The third-order valence-corrected chi connectivity index (χ3v) is 17.6. The van der Waals surface area contributed by atoms with Crippen LogP contribution in [-0.2, 0) is 65.4 Å². The van der Waals surface area contributed by atoms with Gasteiger partial charge in [0.2, 0.25) is 0 Å². The van der Waals surface area contributed by atoms with Crippen molar-refractivity contribution in [3.8, 4) is 0 Å². The summed E-state index contributed by atoms with van der Waals surface area (Å²) in [5, 5.41) is 10.6. The van der Waals surface area contributed by atoms with Crippen LogP contribution in [0.2, 0.25) is 0 Å². The zero-order valence-electron chi connectivity index (χ0n) is 59.4. The van der Waals surface area contributed by atoms with Gasteiger partial charge in [-0.05, 0) is 109 Å². The number of unbranched alkanes of at least 4 members (excludes halogenated alkanes) is 32. The van der Waals surface area contributed by atoms with E-state index in [2.05, 4.69) is 101 Å². The second-order valence-corrected chi connectivity index (χ2v) is 27.8. The molecule has 19 heteroatoms. The highest BCUT2D eigenvalue weighted by atomic mass is 31.2. The molecule has 0 radical (unpaired) electrons. The molecule has 546 valence electrons. The minimum atomic E-state index is -4.97. The van der Waals surface area contributed by atoms with Crippen LogP contribution in [0.5, 0.6) is 0 Å². The zero-order valence-corrected chi connectivity index (χ0v) is 61.2. The Bertz CT molecular complexity index is 2070. The average Bonchev–Trinajstić information content (AvgIpc) is 1.32. The Kier molecular flexibility index (Phi) is 65.5. The molecule has 0 aliphatic carbocycles. The summed E-state index contributed by atoms with van der Waals surface area (Å²) in [4.78, 5) is 72.7. The molecule has 0 saturated carbocycles. The van der Waals surface area contributed by atoms with E-state index in [1.54, 1.807) is 0 Å². The lowest BCUT2D eigenvalue weighted by Gasteiger charge is -2.21. The zero-order chi connectivity index (χ0) is 69.0. The molecule has 94 heavy (non-hydrogen) atoms. The van der Waals surface area contributed by atoms with Gasteiger partial charge in [-0.1, -0.05) is 261 Å². The first-order chi connectivity index (χ1) is 45.7. The van der Waals surface area contributed by atoms with Gasteiger partial charge in [0, 0.05) is 25.7 Å². The van der Waals surface area contributed by atoms with Crippen LogP contribution in [0.25, 0.3) is 0 Å². The van der Waals surface area contributed by atoms with Gasteiger partial charge in [-0.2, -0.15) is 0 Å². The maximum atomic E-state index is 13.0. The number of rotatable bonds is 70. The van der Waals surface area contributed by atoms with Crippen molar-refractivity contribution in [1.82, 2.24) is 0 Å². The van der Waals surface area contributed by atoms with Gasteiger partial charge >= 0.3 is 39.5 Å². The Hall–Kier alpha value is -3.50. The normalized spacial score (nSPS) is 14.4. The molecule has 0 aliphatic rings. The van der Waals surface area contributed by atoms with Gasteiger partial charge in [-0.3, -0.25) is 37.3 Å². The maximum absolute atomic E-state index is 13.0. The molecule has 0 heterocycles. The predicted molar refractivity (Wildman–Crippen MR) is 381 cm³/mol. The summed E-state index contributed by atoms with van der Waals surface area (Å²) in [6.45, 7) is 4.68. The summed E-state index contributed by atoms with van der Waals surface area (Å²) < 4.78 is 68.3. The molecule has 0 aliphatic heterocycles. The minimum absolute atomic E-state index is 0.0806. The van der Waals surface area contributed by atoms with E-state index in [1.807, 2.05) is 0 Å². The molecular formula is C75H134O17P2. The van der Waals surface area contributed by atoms with Crippen LogP contribution >= 0.6 is 15.6 Å². The van der Waals surface area contributed by atoms with Gasteiger partial charge in [0.25, 0.3) is 0 Å². The van der Waals surface area contributed by atoms with Crippen molar-refractivity contribution in [2.75, 3.05) is 39.6 Å². The molecule has 0 aromatic carbocycles. The number of phosphoric ester groups is 2. The predicted octanol–water partition coefficient (Wildman–Crippen LogP) is 20.9. The minimum Gasteiger partial charge on any atom is -0.462 e. The van der Waals surface area contributed by atoms with Crippen LogP contribution in [0.15, 0.2) is 72.9 Å². The van der Waals surface area contributed by atoms with E-state index in [9.17, 15) is 43.2 Å². The van der Waals surface area contributed by atoms with Crippen LogP contribution in [0, 0.1) is 0 Å². The van der Waals surface area contributed by atoms with Gasteiger partial charge in [0.05, 0.1) is 26.4 Å². The Morgan fingerprint density at radius 3 is 0.904 bits per heavy atom. The maximum Gasteiger partial charge on any atom is 0.472 e. The van der Waals surface area contributed by atoms with Crippen molar-refractivity contribution in [3.63, 3.8) is 0 Å². The Morgan fingerprint density at radius 2 is 0.564 bits per heavy atom. The number of ether oxygens (including phenoxy) is 4. The first-order valence-electron chi connectivity index (χ1n) is 37.2. The smallest absolute Gasteiger partial charge is 0.462 e. The second kappa shape index (κ2) is 68.0. The average molecular weight is 1370 g/mol. The topological polar surface area (TPSA) is 237 Å². The first kappa shape index (κ1) is 90.5. The monoisotopic (exact) mass is 1370 g/mol. The number of hydrogen-bond acceptors (Lipinski definition) is 15. The Labute approximate surface area is 571 Å². The highest BCUT2D eigenvalue weighted by Gasteiger charge is 2.30. The third kappa shape index (κ3) is 67.1. The summed E-state index contributed by atoms with van der Waals surface area (Å²) in [6, 6.07) is 0. The largest absolute Gasteiger partial charge is 0.472 e. The van der Waals surface area contributed by atoms with Crippen molar-refractivity contribution in [3.05, 3.63) is 72.9 Å². The molecule has 3 N–H and O–H groups in total. The Morgan fingerprint density at radius 1 is 0.309 bits per heavy atom. The highest BCUT2D eigenvalue weighted by Crippen LogP contribution is 2.45. The summed E-state index contributed by atoms with van der Waals surface area (Å²) in [5.41, 5.74) is 0. The third-order valence-electron chi connectivity index (χ3n) is 15.7. The van der Waals surface area contributed by atoms with Crippen LogP contribution in [0.3, 0.4) is 0 Å². The van der Waals surface area contributed by atoms with Gasteiger partial charge in [-0.15, -0.1) is 0 Å². The number of phosphoric acid groups is 2. The molecule has 0 spiro atoms. The van der Waals surface area contributed by atoms with Crippen molar-refractivity contribution in [2.45, 2.75) is 341 Å². The quantitative estimate of drug-likeness (QED) is 0.0169. The molecule has 0 aromatic heterocycles. The molecule has 0 bridgehead atoms. The number of hydrogen-bond donors (Lipinski definition) is 3. The number of carbonyl (C=O) groups excluding carboxylic acids is 4. The summed E-state index contributed by atoms with van der Waals surface area (Å²) in [7, 11) is -9.94. The van der Waals surface area contributed by atoms with Crippen molar-refractivity contribution >= 4 is 39.5 Å². The molecule has 17 nitrogen and oxygen atoms in total. The van der Waals surface area contributed by atoms with E-state index in [-0.39, 0.29) is 25.7 Å². The molecule has 0 amide bonds. The molecule has 5 atom stereocenters. The standard InChI is InChI=1S/C75H134O17P2/c1-5-9-13-17-21-25-29-32-33-34-35-38-41-44-48-52-56-60-73(78)86-65-70(91-74(79)61-57-53-49-45-39-28-24-20-16-12-8-4)67-89-93(81,82)87-63-69(76)64-88-94(83,84)90-68-71(92-75(80)62-58-54-50-46-42-37-31-27-23-19-15-11-7-3)66-85-72(77)59-55-51-47-43-40-36-30-26-22-18-14-10-6-2/h9,13,20-21,24-26,30,32-33,35,38,69-71,76H,5-8,10-12,14-19,22-23,27-29,31,34,36-37,39-68H2,1-4H3,(H,81,82)(H,83,84)/b13-9-,24-20-,25-21-,30-26-,33-32-,38-35-. The highest BCUT2D eigenvalue weighted by molar-refractivity contribution is 7.47. The molecule has 0 aromatic rings. The number of carbonyl (C=O) groups is 4. The van der Waals surface area contributed by atoms with E-state index in [0.717, 1.165) is 154 Å². The Balaban J connectivity index is 5.31. The number of esters is 4. The van der Waals surface area contributed by atoms with Crippen LogP contribution in [0.4, 0.5) is 0 Å². The van der Waals surface area contributed by atoms with Gasteiger partial charge in [0.1, 0.15) is 19.3 Å². The lowest BCUT2D eigenvalue weighted by atomic mass is 10.0. The van der Waals surface area contributed by atoms with E-state index >= 15 is 0 Å². The molecular weight excluding hydrogens is 1230 g/mol. The number of allylic oxidation sites excluding steroid dienone is 12. The van der Waals surface area contributed by atoms with Crippen LogP contribution in [-0.4, -0.2) is 96.7 Å². The van der Waals surface area contributed by atoms with E-state index in [4.69, 9.17) is 37.0 Å². The fraction of sp³-hybridized carbons (Fsp3) is 0.787. The SMILES string of the molecule is CC/C=C\C/C=C\C/C=C\C/C=C\CCCCCCC(=O)OCC(COP(=O)(O)OCC(O)COP(=O)(O)OCC(COC(=O)CCCCCCC/C=C\CCCCCC)OC(=O)CCCCCCCCCCCCCCC)OC(=O)CCCCCCC/C=C\CCCC. The van der Waals surface area contributed by atoms with Crippen molar-refractivity contribution < 1.29 is 80.2 Å². The lowest BCUT2D eigenvalue weighted by molar-refractivity contribution is -0.161. The van der Waals surface area contributed by atoms with E-state index < -0.39 is 97.5 Å². The fourth-order valence-corrected chi connectivity index (χ4v) is 11.5. The number of aliphatic hydroxyl groups is 1. The van der Waals surface area contributed by atoms with Gasteiger partial charge < -0.3 is 33.8 Å². The van der Waals surface area contributed by atoms with Crippen molar-refractivity contribution in [1.29, 1.82) is 0 Å². The summed E-state index contributed by atoms with van der Waals surface area (Å²) in [5.74, 6) is -2.20. The summed E-state index contributed by atoms with van der Waals surface area (Å²) in [6.07, 6.45) is 66.2. The molecule has 0 fully saturated rings. The van der Waals surface area contributed by atoms with Crippen molar-refractivity contribution in [2.24, 2.45) is 0 Å². The fourth-order valence-electron chi connectivity index (χ4n) is 9.95. The van der Waals surface area contributed by atoms with Gasteiger partial charge in [-0.25, -0.2) is 9.13 Å². The lowest BCUT2D eigenvalue weighted by Crippen LogP contribution is -2.30. The molecule has 0 saturated heterocycles. The molecule has 0 rings (SSSR count). The first-order valence-corrected chi connectivity index (χ1v) is 40.2. The van der Waals surface area contributed by atoms with E-state index in [0.29, 0.717) is 25.7 Å². The van der Waals surface area contributed by atoms with Crippen LogP contribution < -0.4 is 0 Å². The second-order valence-electron chi connectivity index (χ2n) is 24.9. The van der Waals surface area contributed by atoms with Gasteiger partial charge in [0.15, 0.2) is 12.2 Å². The number of aliphatic hydroxyl groups excluding tert-OH is 1. The van der Waals surface area contributed by atoms with E-state index in [1.165, 1.54) is 89.9 Å². The summed E-state index contributed by atoms with van der Waals surface area (Å²) >= 11 is 0. The van der Waals surface area contributed by atoms with Crippen LogP contribution in [0.1, 0.15) is 323 Å².